The summed E-state index contributed by atoms with van der Waals surface area (Å²) in [6.07, 6.45) is 2.04. The second-order valence-electron chi connectivity index (χ2n) is 7.28. The Bertz CT molecular complexity index is 555. The van der Waals surface area contributed by atoms with Gasteiger partial charge in [-0.2, -0.15) is 0 Å². The fourth-order valence-corrected chi connectivity index (χ4v) is 4.11. The summed E-state index contributed by atoms with van der Waals surface area (Å²) in [4.78, 5) is 20.1. The highest BCUT2D eigenvalue weighted by atomic mass is 16.2. The summed E-state index contributed by atoms with van der Waals surface area (Å²) in [6.45, 7) is 9.92. The Morgan fingerprint density at radius 1 is 1.09 bits per heavy atom. The largest absolute Gasteiger partial charge is 0.339 e. The van der Waals surface area contributed by atoms with Crippen molar-refractivity contribution < 1.29 is 4.79 Å². The van der Waals surface area contributed by atoms with Crippen LogP contribution in [0.2, 0.25) is 0 Å². The van der Waals surface area contributed by atoms with Gasteiger partial charge in [-0.15, -0.1) is 0 Å². The van der Waals surface area contributed by atoms with Crippen molar-refractivity contribution in [1.29, 1.82) is 0 Å². The molecule has 1 aromatic rings. The highest BCUT2D eigenvalue weighted by Crippen LogP contribution is 2.50. The van der Waals surface area contributed by atoms with Gasteiger partial charge >= 0.3 is 0 Å². The first-order valence-corrected chi connectivity index (χ1v) is 9.04. The van der Waals surface area contributed by atoms with E-state index in [0.29, 0.717) is 11.9 Å². The molecule has 0 spiro atoms. The Labute approximate surface area is 139 Å². The third-order valence-electron chi connectivity index (χ3n) is 6.01. The minimum Gasteiger partial charge on any atom is -0.339 e. The molecule has 2 heterocycles. The van der Waals surface area contributed by atoms with Gasteiger partial charge in [0.2, 0.25) is 5.91 Å². The first-order chi connectivity index (χ1) is 11.2. The third-order valence-corrected chi connectivity index (χ3v) is 6.01. The van der Waals surface area contributed by atoms with E-state index in [1.165, 1.54) is 18.7 Å². The number of rotatable bonds is 4. The van der Waals surface area contributed by atoms with Crippen LogP contribution in [0.15, 0.2) is 30.3 Å². The number of nitrogens with zero attached hydrogens (tertiary/aromatic N) is 3. The number of amides is 1. The number of hydrogen-bond acceptors (Lipinski definition) is 3. The van der Waals surface area contributed by atoms with Crippen LogP contribution >= 0.6 is 0 Å². The molecule has 1 aliphatic carbocycles. The van der Waals surface area contributed by atoms with Crippen LogP contribution in [0.3, 0.4) is 0 Å². The molecule has 0 atom stereocenters. The molecule has 2 saturated heterocycles. The van der Waals surface area contributed by atoms with E-state index in [1.807, 2.05) is 6.07 Å². The lowest BCUT2D eigenvalue weighted by molar-refractivity contribution is -0.142. The molecule has 1 amide bonds. The van der Waals surface area contributed by atoms with Crippen LogP contribution in [-0.2, 0) is 10.2 Å². The Morgan fingerprint density at radius 2 is 1.74 bits per heavy atom. The molecule has 124 valence electrons. The summed E-state index contributed by atoms with van der Waals surface area (Å²) < 4.78 is 0. The first kappa shape index (κ1) is 15.2. The first-order valence-electron chi connectivity index (χ1n) is 9.04. The van der Waals surface area contributed by atoms with E-state index in [2.05, 4.69) is 45.9 Å². The third kappa shape index (κ3) is 2.68. The summed E-state index contributed by atoms with van der Waals surface area (Å²) in [7, 11) is 0. The van der Waals surface area contributed by atoms with Gasteiger partial charge in [0.05, 0.1) is 5.41 Å². The summed E-state index contributed by atoms with van der Waals surface area (Å²) in [5.41, 5.74) is 1.03. The predicted octanol–water partition coefficient (Wildman–Crippen LogP) is 1.57. The van der Waals surface area contributed by atoms with Crippen LogP contribution in [0.5, 0.6) is 0 Å². The smallest absolute Gasteiger partial charge is 0.233 e. The molecule has 2 aliphatic heterocycles. The lowest BCUT2D eigenvalue weighted by atomic mass is 9.92. The van der Waals surface area contributed by atoms with E-state index in [9.17, 15) is 4.79 Å². The molecule has 3 fully saturated rings. The average Bonchev–Trinajstić information content (AvgIpc) is 3.37. The number of carbonyl (C=O) groups is 1. The fraction of sp³-hybridized carbons (Fsp3) is 0.632. The van der Waals surface area contributed by atoms with Gasteiger partial charge in [0, 0.05) is 45.3 Å². The molecule has 3 aliphatic rings. The number of hydrogen-bond donors (Lipinski definition) is 0. The quantitative estimate of drug-likeness (QED) is 0.844. The minimum absolute atomic E-state index is 0.187. The van der Waals surface area contributed by atoms with Crippen LogP contribution in [-0.4, -0.2) is 72.5 Å². The van der Waals surface area contributed by atoms with E-state index >= 15 is 0 Å². The van der Waals surface area contributed by atoms with E-state index < -0.39 is 0 Å². The normalized spacial score (nSPS) is 25.2. The van der Waals surface area contributed by atoms with Gasteiger partial charge < -0.3 is 9.80 Å². The zero-order valence-corrected chi connectivity index (χ0v) is 14.1. The number of carbonyl (C=O) groups excluding carboxylic acids is 1. The Kier molecular flexibility index (Phi) is 3.90. The minimum atomic E-state index is -0.187. The summed E-state index contributed by atoms with van der Waals surface area (Å²) in [5.74, 6) is 0.368. The highest BCUT2D eigenvalue weighted by Gasteiger charge is 2.54. The van der Waals surface area contributed by atoms with Crippen LogP contribution in [0.25, 0.3) is 0 Å². The molecule has 1 aromatic carbocycles. The summed E-state index contributed by atoms with van der Waals surface area (Å²) >= 11 is 0. The predicted molar refractivity (Wildman–Crippen MR) is 91.4 cm³/mol. The van der Waals surface area contributed by atoms with Crippen molar-refractivity contribution in [1.82, 2.24) is 14.7 Å². The van der Waals surface area contributed by atoms with E-state index in [-0.39, 0.29) is 5.41 Å². The van der Waals surface area contributed by atoms with Gasteiger partial charge in [0.25, 0.3) is 0 Å². The van der Waals surface area contributed by atoms with Crippen LogP contribution in [0.4, 0.5) is 0 Å². The molecular formula is C19H27N3O. The van der Waals surface area contributed by atoms with Crippen molar-refractivity contribution in [3.05, 3.63) is 35.9 Å². The highest BCUT2D eigenvalue weighted by molar-refractivity contribution is 5.92. The number of likely N-dealkylation sites (tertiary alicyclic amines) is 1. The van der Waals surface area contributed by atoms with Gasteiger partial charge in [0.15, 0.2) is 0 Å². The molecule has 0 radical (unpaired) electrons. The van der Waals surface area contributed by atoms with E-state index in [4.69, 9.17) is 0 Å². The van der Waals surface area contributed by atoms with Crippen molar-refractivity contribution in [2.75, 3.05) is 45.8 Å². The van der Waals surface area contributed by atoms with Crippen molar-refractivity contribution >= 4 is 5.91 Å². The van der Waals surface area contributed by atoms with E-state index in [0.717, 1.165) is 45.6 Å². The molecule has 0 N–H and O–H groups in total. The molecule has 4 rings (SSSR count). The van der Waals surface area contributed by atoms with Gasteiger partial charge in [-0.3, -0.25) is 9.69 Å². The van der Waals surface area contributed by atoms with Crippen LogP contribution in [0.1, 0.15) is 25.3 Å². The number of likely N-dealkylation sites (N-methyl/N-ethyl adjacent to an activating group) is 1. The van der Waals surface area contributed by atoms with Crippen molar-refractivity contribution in [3.8, 4) is 0 Å². The molecule has 4 heteroatoms. The summed E-state index contributed by atoms with van der Waals surface area (Å²) in [5, 5.41) is 0. The maximum atomic E-state index is 12.9. The van der Waals surface area contributed by atoms with Gasteiger partial charge in [-0.05, 0) is 24.9 Å². The monoisotopic (exact) mass is 313 g/mol. The number of piperazine rings is 1. The summed E-state index contributed by atoms with van der Waals surface area (Å²) in [6, 6.07) is 11.0. The molecule has 23 heavy (non-hydrogen) atoms. The second kappa shape index (κ2) is 5.91. The standard InChI is InChI=1S/C19H27N3O/c1-2-20-10-12-21(13-11-20)17-14-22(15-17)18(23)19(8-9-19)16-6-4-3-5-7-16/h3-7,17H,2,8-15H2,1H3. The van der Waals surface area contributed by atoms with Crippen LogP contribution < -0.4 is 0 Å². The lowest BCUT2D eigenvalue weighted by Crippen LogP contribution is -2.65. The van der Waals surface area contributed by atoms with Gasteiger partial charge in [0.1, 0.15) is 0 Å². The number of benzene rings is 1. The Balaban J connectivity index is 1.33. The fourth-order valence-electron chi connectivity index (χ4n) is 4.11. The van der Waals surface area contributed by atoms with Gasteiger partial charge in [-0.25, -0.2) is 0 Å². The second-order valence-corrected chi connectivity index (χ2v) is 7.28. The molecule has 1 saturated carbocycles. The molecular weight excluding hydrogens is 286 g/mol. The zero-order chi connectivity index (χ0) is 15.9. The lowest BCUT2D eigenvalue weighted by Gasteiger charge is -2.49. The molecule has 0 unspecified atom stereocenters. The Hall–Kier alpha value is -1.39. The zero-order valence-electron chi connectivity index (χ0n) is 14.1. The van der Waals surface area contributed by atoms with Crippen molar-refractivity contribution in [3.63, 3.8) is 0 Å². The van der Waals surface area contributed by atoms with E-state index in [1.54, 1.807) is 0 Å². The van der Waals surface area contributed by atoms with Gasteiger partial charge in [-0.1, -0.05) is 37.3 Å². The molecule has 0 bridgehead atoms. The SMILES string of the molecule is CCN1CCN(C2CN(C(=O)C3(c4ccccc4)CC3)C2)CC1. The molecule has 4 nitrogen and oxygen atoms in total. The van der Waals surface area contributed by atoms with Crippen molar-refractivity contribution in [2.45, 2.75) is 31.2 Å². The maximum absolute atomic E-state index is 12.9. The molecule has 0 aromatic heterocycles. The maximum Gasteiger partial charge on any atom is 0.233 e. The van der Waals surface area contributed by atoms with Crippen LogP contribution in [0, 0.1) is 0 Å². The van der Waals surface area contributed by atoms with Crippen molar-refractivity contribution in [2.24, 2.45) is 0 Å². The average molecular weight is 313 g/mol. The topological polar surface area (TPSA) is 26.8 Å². The Morgan fingerprint density at radius 3 is 2.30 bits per heavy atom.